The molecule has 0 radical (unpaired) electrons. The SMILES string of the molecule is CCNCc1nc(OC(C)C)ccc1Cl. The van der Waals surface area contributed by atoms with Gasteiger partial charge in [-0.3, -0.25) is 0 Å². The number of halogens is 1. The Labute approximate surface area is 95.8 Å². The second-order valence-corrected chi connectivity index (χ2v) is 3.93. The topological polar surface area (TPSA) is 34.2 Å². The molecule has 84 valence electrons. The molecule has 0 unspecified atom stereocenters. The van der Waals surface area contributed by atoms with Gasteiger partial charge in [0.1, 0.15) is 0 Å². The van der Waals surface area contributed by atoms with Gasteiger partial charge in [0.15, 0.2) is 0 Å². The maximum atomic E-state index is 6.01. The van der Waals surface area contributed by atoms with E-state index in [1.165, 1.54) is 0 Å². The summed E-state index contributed by atoms with van der Waals surface area (Å²) in [5.74, 6) is 0.627. The highest BCUT2D eigenvalue weighted by atomic mass is 35.5. The van der Waals surface area contributed by atoms with Crippen molar-refractivity contribution < 1.29 is 4.74 Å². The van der Waals surface area contributed by atoms with Crippen LogP contribution in [0.1, 0.15) is 26.5 Å². The molecule has 0 spiro atoms. The van der Waals surface area contributed by atoms with Crippen LogP contribution in [0.5, 0.6) is 5.88 Å². The molecule has 0 saturated heterocycles. The second-order valence-electron chi connectivity index (χ2n) is 3.52. The zero-order chi connectivity index (χ0) is 11.3. The summed E-state index contributed by atoms with van der Waals surface area (Å²) in [6, 6.07) is 3.61. The van der Waals surface area contributed by atoms with Crippen LogP contribution in [0, 0.1) is 0 Å². The first-order valence-electron chi connectivity index (χ1n) is 5.16. The minimum absolute atomic E-state index is 0.130. The molecule has 3 nitrogen and oxygen atoms in total. The lowest BCUT2D eigenvalue weighted by Gasteiger charge is -2.11. The Morgan fingerprint density at radius 2 is 2.20 bits per heavy atom. The second kappa shape index (κ2) is 5.93. The van der Waals surface area contributed by atoms with Crippen LogP contribution in [0.25, 0.3) is 0 Å². The number of rotatable bonds is 5. The van der Waals surface area contributed by atoms with Crippen molar-refractivity contribution >= 4 is 11.6 Å². The Bertz CT molecular complexity index is 315. The number of nitrogens with zero attached hydrogens (tertiary/aromatic N) is 1. The van der Waals surface area contributed by atoms with Crippen molar-refractivity contribution in [2.24, 2.45) is 0 Å². The molecule has 0 aromatic carbocycles. The standard InChI is InChI=1S/C11H17ClN2O/c1-4-13-7-10-9(12)5-6-11(14-10)15-8(2)3/h5-6,8,13H,4,7H2,1-3H3. The van der Waals surface area contributed by atoms with Crippen LogP contribution in [-0.4, -0.2) is 17.6 Å². The van der Waals surface area contributed by atoms with E-state index in [4.69, 9.17) is 16.3 Å². The van der Waals surface area contributed by atoms with E-state index in [1.54, 1.807) is 6.07 Å². The third-order valence-corrected chi connectivity index (χ3v) is 2.14. The highest BCUT2D eigenvalue weighted by Gasteiger charge is 2.05. The van der Waals surface area contributed by atoms with E-state index >= 15 is 0 Å². The van der Waals surface area contributed by atoms with E-state index < -0.39 is 0 Å². The maximum absolute atomic E-state index is 6.01. The van der Waals surface area contributed by atoms with Gasteiger partial charge in [-0.15, -0.1) is 0 Å². The normalized spacial score (nSPS) is 10.7. The van der Waals surface area contributed by atoms with Crippen molar-refractivity contribution in [2.45, 2.75) is 33.4 Å². The Balaban J connectivity index is 2.75. The molecule has 1 heterocycles. The van der Waals surface area contributed by atoms with Gasteiger partial charge >= 0.3 is 0 Å². The van der Waals surface area contributed by atoms with Crippen LogP contribution in [0.3, 0.4) is 0 Å². The Morgan fingerprint density at radius 3 is 2.80 bits per heavy atom. The number of pyridine rings is 1. The molecular weight excluding hydrogens is 212 g/mol. The molecule has 0 aliphatic carbocycles. The van der Waals surface area contributed by atoms with Gasteiger partial charge in [-0.2, -0.15) is 0 Å². The maximum Gasteiger partial charge on any atom is 0.213 e. The number of ether oxygens (including phenoxy) is 1. The molecule has 0 aliphatic rings. The number of hydrogen-bond donors (Lipinski definition) is 1. The van der Waals surface area contributed by atoms with Crippen LogP contribution >= 0.6 is 11.6 Å². The summed E-state index contributed by atoms with van der Waals surface area (Å²) in [4.78, 5) is 4.33. The lowest BCUT2D eigenvalue weighted by Crippen LogP contribution is -2.14. The van der Waals surface area contributed by atoms with Crippen LogP contribution in [0.4, 0.5) is 0 Å². The first kappa shape index (κ1) is 12.3. The van der Waals surface area contributed by atoms with Crippen molar-refractivity contribution in [1.82, 2.24) is 10.3 Å². The van der Waals surface area contributed by atoms with Crippen molar-refractivity contribution in [2.75, 3.05) is 6.54 Å². The van der Waals surface area contributed by atoms with E-state index in [1.807, 2.05) is 26.8 Å². The number of hydrogen-bond acceptors (Lipinski definition) is 3. The summed E-state index contributed by atoms with van der Waals surface area (Å²) < 4.78 is 5.49. The average Bonchev–Trinajstić information content (AvgIpc) is 2.18. The fraction of sp³-hybridized carbons (Fsp3) is 0.545. The molecule has 1 rings (SSSR count). The van der Waals surface area contributed by atoms with Gasteiger partial charge in [0.05, 0.1) is 16.8 Å². The molecule has 1 aromatic heterocycles. The highest BCUT2D eigenvalue weighted by Crippen LogP contribution is 2.18. The van der Waals surface area contributed by atoms with Gasteiger partial charge < -0.3 is 10.1 Å². The van der Waals surface area contributed by atoms with Crippen LogP contribution < -0.4 is 10.1 Å². The summed E-state index contributed by atoms with van der Waals surface area (Å²) in [6.07, 6.45) is 0.130. The van der Waals surface area contributed by atoms with Crippen LogP contribution in [0.15, 0.2) is 12.1 Å². The van der Waals surface area contributed by atoms with E-state index in [0.717, 1.165) is 12.2 Å². The van der Waals surface area contributed by atoms with Gasteiger partial charge in [0.2, 0.25) is 5.88 Å². The highest BCUT2D eigenvalue weighted by molar-refractivity contribution is 6.31. The molecule has 4 heteroatoms. The van der Waals surface area contributed by atoms with E-state index in [0.29, 0.717) is 17.4 Å². The predicted octanol–water partition coefficient (Wildman–Crippen LogP) is 2.63. The van der Waals surface area contributed by atoms with Crippen molar-refractivity contribution in [3.05, 3.63) is 22.8 Å². The van der Waals surface area contributed by atoms with E-state index in [-0.39, 0.29) is 6.10 Å². The van der Waals surface area contributed by atoms with Gasteiger partial charge in [-0.1, -0.05) is 18.5 Å². The first-order chi connectivity index (χ1) is 7.13. The minimum Gasteiger partial charge on any atom is -0.475 e. The van der Waals surface area contributed by atoms with Gasteiger partial charge in [0, 0.05) is 12.6 Å². The molecule has 0 amide bonds. The van der Waals surface area contributed by atoms with E-state index in [2.05, 4.69) is 10.3 Å². The molecule has 1 N–H and O–H groups in total. The summed E-state index contributed by atoms with van der Waals surface area (Å²) >= 11 is 6.01. The third-order valence-electron chi connectivity index (χ3n) is 1.79. The summed E-state index contributed by atoms with van der Waals surface area (Å²) in [6.45, 7) is 7.56. The fourth-order valence-corrected chi connectivity index (χ4v) is 1.31. The van der Waals surface area contributed by atoms with Crippen molar-refractivity contribution in [1.29, 1.82) is 0 Å². The minimum atomic E-state index is 0.130. The lowest BCUT2D eigenvalue weighted by atomic mass is 10.3. The average molecular weight is 229 g/mol. The fourth-order valence-electron chi connectivity index (χ4n) is 1.14. The van der Waals surface area contributed by atoms with E-state index in [9.17, 15) is 0 Å². The van der Waals surface area contributed by atoms with Gasteiger partial charge in [-0.25, -0.2) is 4.98 Å². The largest absolute Gasteiger partial charge is 0.475 e. The zero-order valence-corrected chi connectivity index (χ0v) is 10.1. The van der Waals surface area contributed by atoms with Crippen molar-refractivity contribution in [3.63, 3.8) is 0 Å². The quantitative estimate of drug-likeness (QED) is 0.842. The summed E-state index contributed by atoms with van der Waals surface area (Å²) in [5, 5.41) is 3.86. The Hall–Kier alpha value is -0.800. The Morgan fingerprint density at radius 1 is 1.47 bits per heavy atom. The van der Waals surface area contributed by atoms with Crippen LogP contribution in [-0.2, 0) is 6.54 Å². The molecule has 0 saturated carbocycles. The Kier molecular flexibility index (Phi) is 4.85. The smallest absolute Gasteiger partial charge is 0.213 e. The predicted molar refractivity (Wildman–Crippen MR) is 62.4 cm³/mol. The first-order valence-corrected chi connectivity index (χ1v) is 5.54. The molecule has 0 aliphatic heterocycles. The third kappa shape index (κ3) is 4.06. The summed E-state index contributed by atoms with van der Waals surface area (Å²) in [7, 11) is 0. The molecule has 0 fully saturated rings. The number of nitrogens with one attached hydrogen (secondary N) is 1. The van der Waals surface area contributed by atoms with Gasteiger partial charge in [-0.05, 0) is 26.5 Å². The monoisotopic (exact) mass is 228 g/mol. The van der Waals surface area contributed by atoms with Crippen LogP contribution in [0.2, 0.25) is 5.02 Å². The molecular formula is C11H17ClN2O. The van der Waals surface area contributed by atoms with Crippen molar-refractivity contribution in [3.8, 4) is 5.88 Å². The summed E-state index contributed by atoms with van der Waals surface area (Å²) in [5.41, 5.74) is 0.830. The number of aromatic nitrogens is 1. The molecule has 1 aromatic rings. The molecule has 0 atom stereocenters. The zero-order valence-electron chi connectivity index (χ0n) is 9.38. The molecule has 15 heavy (non-hydrogen) atoms. The van der Waals surface area contributed by atoms with Gasteiger partial charge in [0.25, 0.3) is 0 Å². The lowest BCUT2D eigenvalue weighted by molar-refractivity contribution is 0.232. The molecule has 0 bridgehead atoms.